The molecule has 3 heterocycles. The van der Waals surface area contributed by atoms with Gasteiger partial charge in [-0.3, -0.25) is 9.59 Å². The van der Waals surface area contributed by atoms with Crippen LogP contribution in [0.5, 0.6) is 5.75 Å². The van der Waals surface area contributed by atoms with Gasteiger partial charge in [0.1, 0.15) is 35.0 Å². The number of aromatic nitrogens is 1. The molecule has 0 saturated carbocycles. The fraction of sp³-hybridized carbons (Fsp3) is 0.424. The highest BCUT2D eigenvalue weighted by molar-refractivity contribution is 5.97. The molecular formula is C33H34F5N3O6. The number of carbonyl (C=O) groups excluding carboxylic acids is 2. The Balaban J connectivity index is 1.45. The van der Waals surface area contributed by atoms with E-state index in [0.29, 0.717) is 59.6 Å². The zero-order valence-electron chi connectivity index (χ0n) is 26.2. The summed E-state index contributed by atoms with van der Waals surface area (Å²) < 4.78 is 88.5. The monoisotopic (exact) mass is 663 g/mol. The van der Waals surface area contributed by atoms with Gasteiger partial charge in [-0.15, -0.1) is 0 Å². The van der Waals surface area contributed by atoms with E-state index in [1.807, 2.05) is 19.9 Å². The van der Waals surface area contributed by atoms with Crippen LogP contribution in [0.3, 0.4) is 0 Å². The molecule has 0 radical (unpaired) electrons. The molecule has 9 nitrogen and oxygen atoms in total. The number of morpholine rings is 1. The molecule has 0 aliphatic carbocycles. The van der Waals surface area contributed by atoms with Crippen molar-refractivity contribution < 1.29 is 45.8 Å². The van der Waals surface area contributed by atoms with E-state index in [4.69, 9.17) is 14.2 Å². The fourth-order valence-electron chi connectivity index (χ4n) is 6.14. The molecule has 252 valence electrons. The van der Waals surface area contributed by atoms with Crippen LogP contribution >= 0.6 is 0 Å². The number of carbonyl (C=O) groups is 2. The molecule has 2 aliphatic rings. The summed E-state index contributed by atoms with van der Waals surface area (Å²) in [7, 11) is 2.77. The summed E-state index contributed by atoms with van der Waals surface area (Å²) in [6.07, 6.45) is -3.69. The molecule has 2 aromatic carbocycles. The number of ether oxygens (including phenoxy) is 3. The van der Waals surface area contributed by atoms with Gasteiger partial charge in [0, 0.05) is 37.0 Å². The predicted molar refractivity (Wildman–Crippen MR) is 162 cm³/mol. The largest absolute Gasteiger partial charge is 0.493 e. The van der Waals surface area contributed by atoms with Crippen molar-refractivity contribution in [3.05, 3.63) is 80.3 Å². The van der Waals surface area contributed by atoms with Gasteiger partial charge >= 0.3 is 12.1 Å². The SMILES string of the molecule is COC(=O)[C@H](Cc1ccc(-c2c(C)cc(C)n(C)c2=O)c2c1CCCO2)NC(=O)c1c(F)cc(N2CCOC[C@@H]2C(F)(F)F)cc1F. The molecule has 14 heteroatoms. The zero-order chi connectivity index (χ0) is 34.2. The van der Waals surface area contributed by atoms with E-state index in [2.05, 4.69) is 5.32 Å². The van der Waals surface area contributed by atoms with Crippen molar-refractivity contribution in [1.82, 2.24) is 9.88 Å². The van der Waals surface area contributed by atoms with Crippen LogP contribution in [0.2, 0.25) is 0 Å². The molecule has 1 aromatic heterocycles. The van der Waals surface area contributed by atoms with Gasteiger partial charge in [-0.1, -0.05) is 12.1 Å². The molecule has 1 fully saturated rings. The van der Waals surface area contributed by atoms with Gasteiger partial charge < -0.3 is 29.0 Å². The van der Waals surface area contributed by atoms with Crippen molar-refractivity contribution in [1.29, 1.82) is 0 Å². The van der Waals surface area contributed by atoms with Crippen molar-refractivity contribution in [2.45, 2.75) is 51.4 Å². The lowest BCUT2D eigenvalue weighted by Crippen LogP contribution is -2.53. The third-order valence-corrected chi connectivity index (χ3v) is 8.62. The van der Waals surface area contributed by atoms with E-state index in [0.717, 1.165) is 23.3 Å². The lowest BCUT2D eigenvalue weighted by Gasteiger charge is -2.38. The first-order chi connectivity index (χ1) is 22.2. The third kappa shape index (κ3) is 6.69. The summed E-state index contributed by atoms with van der Waals surface area (Å²) in [5.74, 6) is -4.52. The number of aryl methyl sites for hydroxylation is 2. The minimum absolute atomic E-state index is 0.0874. The maximum Gasteiger partial charge on any atom is 0.411 e. The first-order valence-electron chi connectivity index (χ1n) is 15.0. The van der Waals surface area contributed by atoms with Crippen molar-refractivity contribution in [3.8, 4) is 16.9 Å². The minimum Gasteiger partial charge on any atom is -0.493 e. The van der Waals surface area contributed by atoms with E-state index in [1.165, 1.54) is 4.57 Å². The van der Waals surface area contributed by atoms with Crippen LogP contribution in [-0.2, 0) is 34.2 Å². The molecular weight excluding hydrogens is 629 g/mol. The number of alkyl halides is 3. The molecule has 3 aromatic rings. The summed E-state index contributed by atoms with van der Waals surface area (Å²) >= 11 is 0. The number of rotatable bonds is 7. The number of pyridine rings is 1. The topological polar surface area (TPSA) is 99.1 Å². The quantitative estimate of drug-likeness (QED) is 0.293. The van der Waals surface area contributed by atoms with Crippen LogP contribution in [0.25, 0.3) is 11.1 Å². The second-order valence-electron chi connectivity index (χ2n) is 11.6. The lowest BCUT2D eigenvalue weighted by atomic mass is 9.89. The Hall–Kier alpha value is -4.46. The van der Waals surface area contributed by atoms with Crippen molar-refractivity contribution >= 4 is 17.6 Å². The highest BCUT2D eigenvalue weighted by Gasteiger charge is 2.46. The number of amides is 1. The van der Waals surface area contributed by atoms with Crippen LogP contribution in [0, 0.1) is 25.5 Å². The maximum absolute atomic E-state index is 15.2. The Morgan fingerprint density at radius 1 is 1.11 bits per heavy atom. The zero-order valence-corrected chi connectivity index (χ0v) is 26.2. The van der Waals surface area contributed by atoms with Crippen LogP contribution in [0.15, 0.2) is 35.1 Å². The average Bonchev–Trinajstić information content (AvgIpc) is 3.03. The van der Waals surface area contributed by atoms with E-state index >= 15 is 8.78 Å². The van der Waals surface area contributed by atoms with Gasteiger partial charge in [0.25, 0.3) is 11.5 Å². The summed E-state index contributed by atoms with van der Waals surface area (Å²) in [5.41, 5.74) is 2.21. The average molecular weight is 664 g/mol. The molecule has 5 rings (SSSR count). The predicted octanol–water partition coefficient (Wildman–Crippen LogP) is 4.55. The fourth-order valence-corrected chi connectivity index (χ4v) is 6.14. The second kappa shape index (κ2) is 13.3. The van der Waals surface area contributed by atoms with Crippen LogP contribution < -0.4 is 20.5 Å². The number of nitrogens with one attached hydrogen (secondary N) is 1. The van der Waals surface area contributed by atoms with Crippen molar-refractivity contribution in [2.75, 3.05) is 38.4 Å². The molecule has 2 atom stereocenters. The van der Waals surface area contributed by atoms with E-state index in [1.54, 1.807) is 19.2 Å². The van der Waals surface area contributed by atoms with E-state index in [-0.39, 0.29) is 25.1 Å². The minimum atomic E-state index is -4.73. The van der Waals surface area contributed by atoms with Gasteiger partial charge in [0.2, 0.25) is 0 Å². The Morgan fingerprint density at radius 3 is 2.47 bits per heavy atom. The molecule has 1 N–H and O–H groups in total. The summed E-state index contributed by atoms with van der Waals surface area (Å²) in [4.78, 5) is 40.1. The van der Waals surface area contributed by atoms with Gasteiger partial charge in [-0.2, -0.15) is 13.2 Å². The Labute approximate surface area is 267 Å². The van der Waals surface area contributed by atoms with Crippen molar-refractivity contribution in [2.24, 2.45) is 7.05 Å². The molecule has 2 aliphatic heterocycles. The van der Waals surface area contributed by atoms with Gasteiger partial charge in [-0.25, -0.2) is 13.6 Å². The van der Waals surface area contributed by atoms with E-state index < -0.39 is 59.6 Å². The number of halogens is 5. The molecule has 0 spiro atoms. The highest BCUT2D eigenvalue weighted by Crippen LogP contribution is 2.39. The molecule has 47 heavy (non-hydrogen) atoms. The number of esters is 1. The van der Waals surface area contributed by atoms with E-state index in [9.17, 15) is 27.6 Å². The third-order valence-electron chi connectivity index (χ3n) is 8.62. The smallest absolute Gasteiger partial charge is 0.411 e. The normalized spacial score (nSPS) is 17.0. The van der Waals surface area contributed by atoms with Crippen LogP contribution in [-0.4, -0.2) is 68.2 Å². The number of nitrogens with zero attached hydrogens (tertiary/aromatic N) is 2. The van der Waals surface area contributed by atoms with Gasteiger partial charge in [-0.05, 0) is 61.6 Å². The Bertz CT molecular complexity index is 1750. The number of fused-ring (bicyclic) bond motifs is 1. The van der Waals surface area contributed by atoms with Crippen LogP contribution in [0.1, 0.15) is 39.2 Å². The summed E-state index contributed by atoms with van der Waals surface area (Å²) in [6, 6.07) is 3.08. The molecule has 1 amide bonds. The number of hydrogen-bond donors (Lipinski definition) is 1. The van der Waals surface area contributed by atoms with Gasteiger partial charge in [0.15, 0.2) is 0 Å². The highest BCUT2D eigenvalue weighted by atomic mass is 19.4. The first-order valence-corrected chi connectivity index (χ1v) is 15.0. The second-order valence-corrected chi connectivity index (χ2v) is 11.6. The molecule has 1 saturated heterocycles. The number of hydrogen-bond acceptors (Lipinski definition) is 7. The molecule has 0 unspecified atom stereocenters. The first kappa shape index (κ1) is 33.9. The van der Waals surface area contributed by atoms with Crippen LogP contribution in [0.4, 0.5) is 27.6 Å². The lowest BCUT2D eigenvalue weighted by molar-refractivity contribution is -0.167. The molecule has 0 bridgehead atoms. The number of anilines is 1. The Morgan fingerprint density at radius 2 is 1.81 bits per heavy atom. The standard InChI is InChI=1S/C33H34F5N3O6/c1-17-12-18(2)40(3)31(43)27(17)22-8-7-19(21-6-5-10-47-29(21)22)13-25(32(44)45-4)39-30(42)28-23(34)14-20(15-24(28)35)41-9-11-46-16-26(41)33(36,37)38/h7-8,12,14-15,25-26H,5-6,9-11,13,16H2,1-4H3,(H,39,42)/t25-,26+/m0/s1. The summed E-state index contributed by atoms with van der Waals surface area (Å²) in [5, 5.41) is 2.33. The maximum atomic E-state index is 15.2. The van der Waals surface area contributed by atoms with Gasteiger partial charge in [0.05, 0.1) is 32.5 Å². The number of methoxy groups -OCH3 is 1. The Kier molecular flexibility index (Phi) is 9.62. The van der Waals surface area contributed by atoms with Crippen molar-refractivity contribution in [3.63, 3.8) is 0 Å². The summed E-state index contributed by atoms with van der Waals surface area (Å²) in [6.45, 7) is 2.98. The number of benzene rings is 2.